The van der Waals surface area contributed by atoms with Crippen LogP contribution in [0.4, 0.5) is 19.0 Å². The van der Waals surface area contributed by atoms with E-state index < -0.39 is 23.6 Å². The van der Waals surface area contributed by atoms with Gasteiger partial charge in [-0.25, -0.2) is 9.88 Å². The van der Waals surface area contributed by atoms with Crippen LogP contribution in [0.1, 0.15) is 34.0 Å². The number of hydroxylamine groups is 1. The molecule has 12 heteroatoms. The number of nitrogens with zero attached hydrogens (tertiary/aromatic N) is 2. The van der Waals surface area contributed by atoms with Gasteiger partial charge in [0.2, 0.25) is 11.5 Å². The average Bonchev–Trinajstić information content (AvgIpc) is 3.25. The molecule has 2 heterocycles. The van der Waals surface area contributed by atoms with Gasteiger partial charge < -0.3 is 0 Å². The van der Waals surface area contributed by atoms with Crippen LogP contribution in [0.25, 0.3) is 5.70 Å². The van der Waals surface area contributed by atoms with Crippen molar-refractivity contribution in [3.05, 3.63) is 98.1 Å². The van der Waals surface area contributed by atoms with Crippen molar-refractivity contribution in [2.75, 3.05) is 4.90 Å². The maximum Gasteiger partial charge on any atom is 0.428 e. The highest BCUT2D eigenvalue weighted by Crippen LogP contribution is 2.48. The molecule has 192 valence electrons. The van der Waals surface area contributed by atoms with E-state index in [4.69, 9.17) is 39.6 Å². The van der Waals surface area contributed by atoms with Crippen LogP contribution in [0.15, 0.2) is 60.7 Å². The number of halogens is 6. The zero-order valence-corrected chi connectivity index (χ0v) is 21.4. The molecule has 0 bridgehead atoms. The monoisotopic (exact) mass is 569 g/mol. The standard InChI is InChI=1S/C25H17Cl3F3N3O3/c1-13-8-15(6-7-19(13)23(36)34(14(2)35)22-5-3-4-21(28)32-22)20-12-24(37-33-20,25(29,30)31)16-9-17(26)11-18(27)10-16/h3-12,33H,1-2H3. The Bertz CT molecular complexity index is 1430. The third kappa shape index (κ3) is 5.17. The summed E-state index contributed by atoms with van der Waals surface area (Å²) in [7, 11) is 0. The Morgan fingerprint density at radius 1 is 1.03 bits per heavy atom. The first-order chi connectivity index (χ1) is 17.3. The number of pyridine rings is 1. The molecular weight excluding hydrogens is 554 g/mol. The summed E-state index contributed by atoms with van der Waals surface area (Å²) in [5, 5.41) is 0.121. The molecule has 2 aromatic carbocycles. The zero-order chi connectivity index (χ0) is 27.1. The third-order valence-electron chi connectivity index (χ3n) is 5.60. The summed E-state index contributed by atoms with van der Waals surface area (Å²) in [5.41, 5.74) is 0.0270. The number of carbonyl (C=O) groups excluding carboxylic acids is 2. The van der Waals surface area contributed by atoms with Crippen LogP contribution in [0.2, 0.25) is 15.2 Å². The normalized spacial score (nSPS) is 17.2. The fraction of sp³-hybridized carbons (Fsp3) is 0.160. The van der Waals surface area contributed by atoms with E-state index in [1.54, 1.807) is 13.0 Å². The van der Waals surface area contributed by atoms with Gasteiger partial charge in [0.05, 0.1) is 5.70 Å². The lowest BCUT2D eigenvalue weighted by Crippen LogP contribution is -2.42. The van der Waals surface area contributed by atoms with Crippen molar-refractivity contribution in [1.82, 2.24) is 10.5 Å². The van der Waals surface area contributed by atoms with Crippen molar-refractivity contribution in [2.24, 2.45) is 0 Å². The van der Waals surface area contributed by atoms with Crippen LogP contribution in [0, 0.1) is 6.92 Å². The number of aryl methyl sites for hydroxylation is 1. The Kier molecular flexibility index (Phi) is 7.27. The number of alkyl halides is 3. The van der Waals surface area contributed by atoms with E-state index >= 15 is 0 Å². The minimum absolute atomic E-state index is 0.00968. The second kappa shape index (κ2) is 9.98. The molecule has 37 heavy (non-hydrogen) atoms. The largest absolute Gasteiger partial charge is 0.428 e. The summed E-state index contributed by atoms with van der Waals surface area (Å²) in [5.74, 6) is -1.22. The number of anilines is 1. The number of hydrogen-bond acceptors (Lipinski definition) is 5. The van der Waals surface area contributed by atoms with Crippen molar-refractivity contribution in [3.8, 4) is 0 Å². The van der Waals surface area contributed by atoms with Crippen LogP contribution in [0.3, 0.4) is 0 Å². The number of benzene rings is 2. The molecule has 0 spiro atoms. The fourth-order valence-electron chi connectivity index (χ4n) is 3.88. The Labute approximate surface area is 224 Å². The summed E-state index contributed by atoms with van der Waals surface area (Å²) in [4.78, 5) is 35.5. The maximum absolute atomic E-state index is 14.3. The first kappa shape index (κ1) is 26.9. The van der Waals surface area contributed by atoms with Crippen LogP contribution >= 0.6 is 34.8 Å². The van der Waals surface area contributed by atoms with E-state index in [-0.39, 0.29) is 37.8 Å². The first-order valence-corrected chi connectivity index (χ1v) is 11.7. The lowest BCUT2D eigenvalue weighted by atomic mass is 9.91. The molecule has 0 fully saturated rings. The molecule has 0 aliphatic carbocycles. The number of rotatable bonds is 4. The zero-order valence-electron chi connectivity index (χ0n) is 19.2. The molecule has 1 atom stereocenters. The highest BCUT2D eigenvalue weighted by atomic mass is 35.5. The second-order valence-corrected chi connectivity index (χ2v) is 9.42. The van der Waals surface area contributed by atoms with Gasteiger partial charge in [0.25, 0.3) is 5.91 Å². The van der Waals surface area contributed by atoms with Crippen molar-refractivity contribution in [2.45, 2.75) is 25.6 Å². The Balaban J connectivity index is 1.73. The lowest BCUT2D eigenvalue weighted by molar-refractivity contribution is -0.269. The van der Waals surface area contributed by atoms with Crippen LogP contribution < -0.4 is 10.4 Å². The SMILES string of the molecule is CC(=O)N(C(=O)c1ccc(C2=CC(c3cc(Cl)cc(Cl)c3)(C(F)(F)F)ON2)cc1C)c1cccc(Cl)n1. The predicted molar refractivity (Wildman–Crippen MR) is 134 cm³/mol. The van der Waals surface area contributed by atoms with E-state index in [0.29, 0.717) is 11.1 Å². The number of imide groups is 1. The molecule has 4 rings (SSSR count). The van der Waals surface area contributed by atoms with Crippen LogP contribution in [-0.2, 0) is 15.2 Å². The minimum atomic E-state index is -4.87. The van der Waals surface area contributed by atoms with Gasteiger partial charge >= 0.3 is 6.18 Å². The number of aromatic nitrogens is 1. The summed E-state index contributed by atoms with van der Waals surface area (Å²) in [6.45, 7) is 2.79. The molecule has 1 aromatic heterocycles. The molecule has 1 unspecified atom stereocenters. The van der Waals surface area contributed by atoms with E-state index in [0.717, 1.165) is 23.1 Å². The second-order valence-electron chi connectivity index (χ2n) is 8.16. The smallest absolute Gasteiger partial charge is 0.274 e. The van der Waals surface area contributed by atoms with Crippen LogP contribution in [-0.4, -0.2) is 23.0 Å². The Hall–Kier alpha value is -3.11. The van der Waals surface area contributed by atoms with Gasteiger partial charge in [-0.3, -0.25) is 19.9 Å². The lowest BCUT2D eigenvalue weighted by Gasteiger charge is -2.28. The maximum atomic E-state index is 14.3. The van der Waals surface area contributed by atoms with Crippen molar-refractivity contribution in [3.63, 3.8) is 0 Å². The molecule has 1 aliphatic rings. The summed E-state index contributed by atoms with van der Waals surface area (Å²) in [6.07, 6.45) is -3.99. The third-order valence-corrected chi connectivity index (χ3v) is 6.24. The minimum Gasteiger partial charge on any atom is -0.274 e. The molecule has 0 radical (unpaired) electrons. The van der Waals surface area contributed by atoms with E-state index in [1.807, 2.05) is 0 Å². The van der Waals surface area contributed by atoms with Gasteiger partial charge in [-0.1, -0.05) is 46.9 Å². The number of amides is 2. The Morgan fingerprint density at radius 3 is 2.27 bits per heavy atom. The topological polar surface area (TPSA) is 71.5 Å². The molecule has 0 saturated carbocycles. The van der Waals surface area contributed by atoms with E-state index in [2.05, 4.69) is 10.5 Å². The molecule has 2 amide bonds. The molecule has 1 N–H and O–H groups in total. The van der Waals surface area contributed by atoms with Gasteiger partial charge in [-0.05, 0) is 66.6 Å². The fourth-order valence-corrected chi connectivity index (χ4v) is 4.56. The molecule has 0 saturated heterocycles. The summed E-state index contributed by atoms with van der Waals surface area (Å²) < 4.78 is 42.8. The summed E-state index contributed by atoms with van der Waals surface area (Å²) >= 11 is 17.8. The van der Waals surface area contributed by atoms with Gasteiger partial charge in [0.1, 0.15) is 11.0 Å². The number of nitrogens with one attached hydrogen (secondary N) is 1. The molecule has 1 aliphatic heterocycles. The van der Waals surface area contributed by atoms with Crippen molar-refractivity contribution < 1.29 is 27.6 Å². The Morgan fingerprint density at radius 2 is 1.70 bits per heavy atom. The average molecular weight is 571 g/mol. The number of hydrogen-bond donors (Lipinski definition) is 1. The van der Waals surface area contributed by atoms with Crippen LogP contribution in [0.5, 0.6) is 0 Å². The number of carbonyl (C=O) groups is 2. The molecular formula is C25H17Cl3F3N3O3. The molecule has 3 aromatic rings. The van der Waals surface area contributed by atoms with Gasteiger partial charge in [0.15, 0.2) is 0 Å². The van der Waals surface area contributed by atoms with Gasteiger partial charge in [0, 0.05) is 28.1 Å². The highest BCUT2D eigenvalue weighted by molar-refractivity contribution is 6.34. The van der Waals surface area contributed by atoms with Gasteiger partial charge in [-0.15, -0.1) is 0 Å². The van der Waals surface area contributed by atoms with E-state index in [9.17, 15) is 22.8 Å². The predicted octanol–water partition coefficient (Wildman–Crippen LogP) is 6.88. The first-order valence-electron chi connectivity index (χ1n) is 10.6. The molecule has 6 nitrogen and oxygen atoms in total. The van der Waals surface area contributed by atoms with Crippen molar-refractivity contribution in [1.29, 1.82) is 0 Å². The van der Waals surface area contributed by atoms with E-state index in [1.165, 1.54) is 43.3 Å². The quantitative estimate of drug-likeness (QED) is 0.347. The highest BCUT2D eigenvalue weighted by Gasteiger charge is 2.59. The van der Waals surface area contributed by atoms with Crippen molar-refractivity contribution >= 4 is 58.1 Å². The summed E-state index contributed by atoms with van der Waals surface area (Å²) in [6, 6.07) is 12.4. The van der Waals surface area contributed by atoms with Gasteiger partial charge in [-0.2, -0.15) is 13.2 Å².